The Morgan fingerprint density at radius 2 is 2.25 bits per heavy atom. The minimum Gasteiger partial charge on any atom is -0.469 e. The molecule has 4 atom stereocenters. The van der Waals surface area contributed by atoms with E-state index in [1.807, 2.05) is 18.2 Å². The first-order chi connectivity index (χ1) is 13.5. The molecule has 4 rings (SSSR count). The van der Waals surface area contributed by atoms with Crippen molar-refractivity contribution in [3.8, 4) is 0 Å². The van der Waals surface area contributed by atoms with Gasteiger partial charge in [0.1, 0.15) is 16.8 Å². The molecule has 0 aliphatic carbocycles. The Balaban J connectivity index is 1.87. The van der Waals surface area contributed by atoms with Gasteiger partial charge in [-0.1, -0.05) is 12.1 Å². The molecule has 146 valence electrons. The first kappa shape index (κ1) is 19.3. The summed E-state index contributed by atoms with van der Waals surface area (Å²) >= 11 is 4.96. The summed E-state index contributed by atoms with van der Waals surface area (Å²) in [6.45, 7) is 0. The summed E-state index contributed by atoms with van der Waals surface area (Å²) in [4.78, 5) is 37.4. The van der Waals surface area contributed by atoms with Gasteiger partial charge in [-0.25, -0.2) is 0 Å². The molecule has 8 heteroatoms. The summed E-state index contributed by atoms with van der Waals surface area (Å²) in [7, 11) is 1.33. The van der Waals surface area contributed by atoms with Gasteiger partial charge in [0.05, 0.1) is 25.0 Å². The zero-order valence-corrected chi connectivity index (χ0v) is 17.4. The Hall–Kier alpha value is -2.06. The molecule has 1 amide bonds. The number of thioether (sulfide) groups is 1. The lowest BCUT2D eigenvalue weighted by molar-refractivity contribution is -0.142. The van der Waals surface area contributed by atoms with Crippen LogP contribution in [0.5, 0.6) is 0 Å². The molecule has 28 heavy (non-hydrogen) atoms. The minimum atomic E-state index is -1.00. The number of methoxy groups -OCH3 is 1. The zero-order valence-electron chi connectivity index (χ0n) is 15.0. The molecule has 1 aromatic carbocycles. The molecule has 3 heterocycles. The van der Waals surface area contributed by atoms with Crippen LogP contribution in [-0.2, 0) is 23.9 Å². The van der Waals surface area contributed by atoms with E-state index < -0.39 is 16.6 Å². The molecule has 2 aromatic rings. The summed E-state index contributed by atoms with van der Waals surface area (Å²) in [5.74, 6) is -0.863. The maximum absolute atomic E-state index is 13.3. The number of hydrogen-bond acceptors (Lipinski definition) is 6. The smallest absolute Gasteiger partial charge is 0.305 e. The van der Waals surface area contributed by atoms with Crippen LogP contribution in [0.1, 0.15) is 23.7 Å². The molecule has 6 nitrogen and oxygen atoms in total. The lowest BCUT2D eigenvalue weighted by Gasteiger charge is -2.44. The molecule has 2 aliphatic heterocycles. The van der Waals surface area contributed by atoms with Crippen molar-refractivity contribution in [2.24, 2.45) is 11.8 Å². The number of fused-ring (bicyclic) bond motifs is 2. The van der Waals surface area contributed by atoms with Crippen LogP contribution in [0.4, 0.5) is 5.69 Å². The van der Waals surface area contributed by atoms with Crippen LogP contribution in [-0.4, -0.2) is 31.0 Å². The van der Waals surface area contributed by atoms with E-state index >= 15 is 0 Å². The van der Waals surface area contributed by atoms with Gasteiger partial charge in [0.25, 0.3) is 0 Å². The number of ether oxygens (including phenoxy) is 1. The summed E-state index contributed by atoms with van der Waals surface area (Å²) in [6, 6.07) is 9.18. The fraction of sp³-hybridized carbons (Fsp3) is 0.350. The van der Waals surface area contributed by atoms with Crippen molar-refractivity contribution in [1.29, 1.82) is 0 Å². The van der Waals surface area contributed by atoms with E-state index in [2.05, 4.69) is 21.2 Å². The molecule has 2 aliphatic rings. The number of carbonyl (C=O) groups is 3. The quantitative estimate of drug-likeness (QED) is 0.549. The van der Waals surface area contributed by atoms with Gasteiger partial charge in [-0.15, -0.1) is 11.8 Å². The molecule has 0 bridgehead atoms. The van der Waals surface area contributed by atoms with Crippen LogP contribution in [0.15, 0.2) is 45.5 Å². The number of furan rings is 1. The number of aldehydes is 1. The van der Waals surface area contributed by atoms with Crippen molar-refractivity contribution in [3.05, 3.63) is 52.4 Å². The zero-order chi connectivity index (χ0) is 19.9. The lowest BCUT2D eigenvalue weighted by Crippen LogP contribution is -2.48. The number of para-hydroxylation sites is 1. The molecule has 1 aromatic heterocycles. The van der Waals surface area contributed by atoms with Gasteiger partial charge in [0.2, 0.25) is 5.91 Å². The van der Waals surface area contributed by atoms with Gasteiger partial charge >= 0.3 is 5.97 Å². The number of benzene rings is 1. The third-order valence-corrected chi connectivity index (χ3v) is 7.92. The number of halogens is 1. The van der Waals surface area contributed by atoms with Crippen LogP contribution >= 0.6 is 27.7 Å². The second-order valence-corrected chi connectivity index (χ2v) is 9.03. The Morgan fingerprint density at radius 1 is 1.43 bits per heavy atom. The van der Waals surface area contributed by atoms with E-state index in [1.165, 1.54) is 25.1 Å². The van der Waals surface area contributed by atoms with Crippen LogP contribution in [0, 0.1) is 11.8 Å². The van der Waals surface area contributed by atoms with Crippen molar-refractivity contribution in [3.63, 3.8) is 0 Å². The number of esters is 1. The fourth-order valence-electron chi connectivity index (χ4n) is 4.26. The summed E-state index contributed by atoms with van der Waals surface area (Å²) in [5.41, 5.74) is 1.54. The highest BCUT2D eigenvalue weighted by Crippen LogP contribution is 2.62. The second-order valence-electron chi connectivity index (χ2n) is 6.91. The van der Waals surface area contributed by atoms with Crippen molar-refractivity contribution in [2.45, 2.75) is 17.1 Å². The second kappa shape index (κ2) is 7.40. The van der Waals surface area contributed by atoms with Crippen molar-refractivity contribution < 1.29 is 23.5 Å². The van der Waals surface area contributed by atoms with Gasteiger partial charge in [-0.3, -0.25) is 9.59 Å². The molecule has 4 unspecified atom stereocenters. The van der Waals surface area contributed by atoms with Gasteiger partial charge < -0.3 is 19.3 Å². The average Bonchev–Trinajstić information content (AvgIpc) is 3.31. The molecular weight excluding hydrogens is 446 g/mol. The van der Waals surface area contributed by atoms with Crippen LogP contribution in [0.3, 0.4) is 0 Å². The molecule has 1 N–H and O–H groups in total. The fourth-order valence-corrected chi connectivity index (χ4v) is 6.51. The molecule has 0 saturated carbocycles. The third kappa shape index (κ3) is 2.81. The minimum absolute atomic E-state index is 0.118. The SMILES string of the molecule is COC(=O)CC1CSC2(C(=O)Nc3c(Br)cccc32)C(c2ccco2)C1C=O. The largest absolute Gasteiger partial charge is 0.469 e. The number of rotatable bonds is 4. The predicted molar refractivity (Wildman–Crippen MR) is 108 cm³/mol. The summed E-state index contributed by atoms with van der Waals surface area (Å²) < 4.78 is 10.3. The molecule has 1 spiro atoms. The van der Waals surface area contributed by atoms with Gasteiger partial charge in [0, 0.05) is 22.4 Å². The summed E-state index contributed by atoms with van der Waals surface area (Å²) in [6.07, 6.45) is 2.51. The molecule has 0 radical (unpaired) electrons. The maximum Gasteiger partial charge on any atom is 0.305 e. The van der Waals surface area contributed by atoms with Crippen LogP contribution < -0.4 is 5.32 Å². The first-order valence-corrected chi connectivity index (χ1v) is 10.6. The van der Waals surface area contributed by atoms with E-state index in [9.17, 15) is 14.4 Å². The van der Waals surface area contributed by atoms with E-state index in [0.29, 0.717) is 17.2 Å². The normalized spacial score (nSPS) is 28.6. The number of carbonyl (C=O) groups excluding carboxylic acids is 3. The van der Waals surface area contributed by atoms with Crippen molar-refractivity contribution >= 4 is 51.5 Å². The predicted octanol–water partition coefficient (Wildman–Crippen LogP) is 3.71. The van der Waals surface area contributed by atoms with Crippen LogP contribution in [0.2, 0.25) is 0 Å². The van der Waals surface area contributed by atoms with E-state index in [0.717, 1.165) is 16.3 Å². The molecule has 1 fully saturated rings. The monoisotopic (exact) mass is 463 g/mol. The Kier molecular flexibility index (Phi) is 5.09. The Labute approximate surface area is 174 Å². The van der Waals surface area contributed by atoms with Crippen molar-refractivity contribution in [2.75, 3.05) is 18.2 Å². The van der Waals surface area contributed by atoms with Crippen LogP contribution in [0.25, 0.3) is 0 Å². The number of anilines is 1. The topological polar surface area (TPSA) is 85.6 Å². The van der Waals surface area contributed by atoms with E-state index in [4.69, 9.17) is 9.15 Å². The highest BCUT2D eigenvalue weighted by molar-refractivity contribution is 9.10. The number of nitrogens with one attached hydrogen (secondary N) is 1. The summed E-state index contributed by atoms with van der Waals surface area (Å²) in [5, 5.41) is 2.97. The highest BCUT2D eigenvalue weighted by Gasteiger charge is 2.61. The Bertz CT molecular complexity index is 931. The highest BCUT2D eigenvalue weighted by atomic mass is 79.9. The molecule has 1 saturated heterocycles. The van der Waals surface area contributed by atoms with Gasteiger partial charge in [-0.05, 0) is 45.8 Å². The molecular formula is C20H18BrNO5S. The van der Waals surface area contributed by atoms with Crippen molar-refractivity contribution in [1.82, 2.24) is 0 Å². The first-order valence-electron chi connectivity index (χ1n) is 8.82. The van der Waals surface area contributed by atoms with Gasteiger partial charge in [0.15, 0.2) is 0 Å². The third-order valence-electron chi connectivity index (χ3n) is 5.55. The maximum atomic E-state index is 13.3. The number of hydrogen-bond donors (Lipinski definition) is 1. The Morgan fingerprint density at radius 3 is 2.93 bits per heavy atom. The standard InChI is InChI=1S/C20H18BrNO5S/c1-26-16(24)8-11-10-28-20(17(12(11)9-23)15-6-3-7-27-15)13-4-2-5-14(21)18(13)22-19(20)25/h2-7,9,11-12,17H,8,10H2,1H3,(H,22,25). The number of amides is 1. The lowest BCUT2D eigenvalue weighted by atomic mass is 9.70. The average molecular weight is 464 g/mol. The van der Waals surface area contributed by atoms with E-state index in [1.54, 1.807) is 12.1 Å². The van der Waals surface area contributed by atoms with E-state index in [-0.39, 0.29) is 24.2 Å². The van der Waals surface area contributed by atoms with Gasteiger partial charge in [-0.2, -0.15) is 0 Å².